The van der Waals surface area contributed by atoms with Crippen LogP contribution in [0, 0.1) is 28.1 Å². The average molecular weight is 445 g/mol. The number of thiocarbonyl (C=S) groups is 1. The molecule has 0 spiro atoms. The van der Waals surface area contributed by atoms with E-state index in [0.717, 1.165) is 5.56 Å². The summed E-state index contributed by atoms with van der Waals surface area (Å²) in [5, 5.41) is 21.1. The first-order chi connectivity index (χ1) is 13.3. The number of allylic oxidation sites excluding steroid dienone is 1. The van der Waals surface area contributed by atoms with Gasteiger partial charge in [-0.25, -0.2) is 0 Å². The predicted molar refractivity (Wildman–Crippen MR) is 118 cm³/mol. The lowest BCUT2D eigenvalue weighted by Crippen LogP contribution is -2.46. The van der Waals surface area contributed by atoms with Gasteiger partial charge in [0.1, 0.15) is 5.41 Å². The largest absolute Gasteiger partial charge is 0.393 e. The highest BCUT2D eigenvalue weighted by Gasteiger charge is 2.55. The van der Waals surface area contributed by atoms with Gasteiger partial charge in [0.2, 0.25) is 0 Å². The zero-order chi connectivity index (χ0) is 20.5. The van der Waals surface area contributed by atoms with Gasteiger partial charge in [-0.2, -0.15) is 10.5 Å². The molecule has 0 unspecified atom stereocenters. The van der Waals surface area contributed by atoms with Crippen molar-refractivity contribution in [2.24, 2.45) is 16.9 Å². The van der Waals surface area contributed by atoms with Crippen LogP contribution in [-0.4, -0.2) is 4.99 Å². The lowest BCUT2D eigenvalue weighted by Gasteiger charge is -2.44. The van der Waals surface area contributed by atoms with Crippen LogP contribution in [0.1, 0.15) is 22.3 Å². The molecule has 1 aliphatic rings. The molecule has 8 heteroatoms. The molecule has 3 rings (SSSR count). The Bertz CT molecular complexity index is 1040. The average Bonchev–Trinajstić information content (AvgIpc) is 2.68. The predicted octanol–water partition coefficient (Wildman–Crippen LogP) is 5.06. The van der Waals surface area contributed by atoms with E-state index in [1.165, 1.54) is 11.8 Å². The van der Waals surface area contributed by atoms with Gasteiger partial charge >= 0.3 is 0 Å². The minimum atomic E-state index is -1.37. The molecule has 0 saturated carbocycles. The molecular weight excluding hydrogens is 431 g/mol. The van der Waals surface area contributed by atoms with Crippen LogP contribution in [-0.2, 0) is 0 Å². The Balaban J connectivity index is 2.32. The van der Waals surface area contributed by atoms with Crippen molar-refractivity contribution in [3.63, 3.8) is 0 Å². The summed E-state index contributed by atoms with van der Waals surface area (Å²) in [6, 6.07) is 18.5. The topological polar surface area (TPSA) is 99.6 Å². The van der Waals surface area contributed by atoms with E-state index in [4.69, 9.17) is 46.9 Å². The summed E-state index contributed by atoms with van der Waals surface area (Å²) in [6.45, 7) is 0. The van der Waals surface area contributed by atoms with Gasteiger partial charge in [0.15, 0.2) is 0 Å². The van der Waals surface area contributed by atoms with Gasteiger partial charge in [0, 0.05) is 16.0 Å². The lowest BCUT2D eigenvalue weighted by atomic mass is 9.65. The fourth-order valence-corrected chi connectivity index (χ4v) is 5.37. The number of halogens is 2. The summed E-state index contributed by atoms with van der Waals surface area (Å²) in [7, 11) is 0. The third-order valence-electron chi connectivity index (χ3n) is 4.76. The normalized spacial score (nSPS) is 24.3. The molecule has 0 bridgehead atoms. The number of rotatable bonds is 3. The van der Waals surface area contributed by atoms with Gasteiger partial charge in [0.25, 0.3) is 0 Å². The number of benzene rings is 2. The molecule has 3 atom stereocenters. The highest BCUT2D eigenvalue weighted by Crippen LogP contribution is 2.60. The van der Waals surface area contributed by atoms with Gasteiger partial charge in [-0.3, -0.25) is 0 Å². The number of hydrogen-bond acceptors (Lipinski definition) is 5. The second-order valence-corrected chi connectivity index (χ2v) is 8.73. The summed E-state index contributed by atoms with van der Waals surface area (Å²) in [6.07, 6.45) is 0. The van der Waals surface area contributed by atoms with Gasteiger partial charge in [0.05, 0.1) is 33.0 Å². The second-order valence-electron chi connectivity index (χ2n) is 6.27. The quantitative estimate of drug-likeness (QED) is 0.641. The molecule has 2 aromatic rings. The van der Waals surface area contributed by atoms with Crippen molar-refractivity contribution in [3.8, 4) is 12.1 Å². The van der Waals surface area contributed by atoms with E-state index in [9.17, 15) is 10.5 Å². The molecule has 0 aliphatic carbocycles. The smallest absolute Gasteiger partial charge is 0.135 e. The number of hydrogen-bond donors (Lipinski definition) is 2. The minimum absolute atomic E-state index is 0.00245. The maximum atomic E-state index is 10.3. The number of nitriles is 2. The van der Waals surface area contributed by atoms with Gasteiger partial charge < -0.3 is 11.5 Å². The Kier molecular flexibility index (Phi) is 5.88. The van der Waals surface area contributed by atoms with E-state index >= 15 is 0 Å². The van der Waals surface area contributed by atoms with Crippen molar-refractivity contribution < 1.29 is 0 Å². The Morgan fingerprint density at radius 2 is 1.50 bits per heavy atom. The van der Waals surface area contributed by atoms with E-state index in [1.54, 1.807) is 36.4 Å². The molecule has 2 aromatic carbocycles. The summed E-state index contributed by atoms with van der Waals surface area (Å²) in [5.74, 6) is -0.723. The Morgan fingerprint density at radius 1 is 1.00 bits per heavy atom. The van der Waals surface area contributed by atoms with Crippen LogP contribution < -0.4 is 11.5 Å². The maximum Gasteiger partial charge on any atom is 0.135 e. The van der Waals surface area contributed by atoms with Gasteiger partial charge in [-0.1, -0.05) is 71.4 Å². The molecule has 4 nitrogen and oxygen atoms in total. The highest BCUT2D eigenvalue weighted by molar-refractivity contribution is 8.03. The monoisotopic (exact) mass is 444 g/mol. The highest BCUT2D eigenvalue weighted by atomic mass is 35.5. The van der Waals surface area contributed by atoms with E-state index in [1.807, 2.05) is 12.1 Å². The Labute approximate surface area is 182 Å². The molecule has 1 aliphatic heterocycles. The summed E-state index contributed by atoms with van der Waals surface area (Å²) >= 11 is 18.6. The zero-order valence-electron chi connectivity index (χ0n) is 14.4. The molecule has 1 heterocycles. The van der Waals surface area contributed by atoms with Crippen molar-refractivity contribution >= 4 is 52.2 Å². The first kappa shape index (κ1) is 20.5. The number of nitrogens with zero attached hydrogens (tertiary/aromatic N) is 2. The third-order valence-corrected chi connectivity index (χ3v) is 6.95. The van der Waals surface area contributed by atoms with E-state index in [2.05, 4.69) is 12.1 Å². The van der Waals surface area contributed by atoms with Crippen molar-refractivity contribution in [1.82, 2.24) is 0 Å². The second kappa shape index (κ2) is 8.03. The van der Waals surface area contributed by atoms with Gasteiger partial charge in [-0.15, -0.1) is 0 Å². The maximum absolute atomic E-state index is 10.3. The molecule has 28 heavy (non-hydrogen) atoms. The molecule has 0 saturated heterocycles. The van der Waals surface area contributed by atoms with E-state index in [0.29, 0.717) is 20.6 Å². The van der Waals surface area contributed by atoms with Gasteiger partial charge in [-0.05, 0) is 35.4 Å². The van der Waals surface area contributed by atoms with Crippen molar-refractivity contribution in [2.45, 2.75) is 11.2 Å². The van der Waals surface area contributed by atoms with Crippen LogP contribution in [0.25, 0.3) is 0 Å². The molecular formula is C20H14Cl2N4S2. The third kappa shape index (κ3) is 3.34. The van der Waals surface area contributed by atoms with Crippen LogP contribution in [0.15, 0.2) is 59.1 Å². The fourth-order valence-electron chi connectivity index (χ4n) is 3.43. The number of nitrogens with two attached hydrogens (primary N) is 2. The Morgan fingerprint density at radius 3 is 1.93 bits per heavy atom. The van der Waals surface area contributed by atoms with Crippen molar-refractivity contribution in [2.75, 3.05) is 0 Å². The van der Waals surface area contributed by atoms with Crippen molar-refractivity contribution in [3.05, 3.63) is 80.3 Å². The van der Waals surface area contributed by atoms with Crippen LogP contribution in [0.4, 0.5) is 0 Å². The summed E-state index contributed by atoms with van der Waals surface area (Å²) in [4.78, 5) is 0.00245. The molecule has 140 valence electrons. The summed E-state index contributed by atoms with van der Waals surface area (Å²) in [5.41, 5.74) is 12.8. The molecule has 4 N–H and O–H groups in total. The molecule has 0 radical (unpaired) electrons. The molecule has 0 fully saturated rings. The van der Waals surface area contributed by atoms with Crippen LogP contribution in [0.3, 0.4) is 0 Å². The standard InChI is InChI=1S/C20H14Cl2N4S2/c21-13-5-1-11(2-6-13)16-15(9-23)18(25)28-17(20(16,10-24)19(26)27)12-3-7-14(22)8-4-12/h1-8,16-17H,25H2,(H2,26,27)/t16-,17-,20+/m1/s1. The van der Waals surface area contributed by atoms with E-state index < -0.39 is 16.6 Å². The zero-order valence-corrected chi connectivity index (χ0v) is 17.5. The van der Waals surface area contributed by atoms with E-state index in [-0.39, 0.29) is 10.6 Å². The SMILES string of the molecule is N#CC1=C(N)S[C@H](c2ccc(Cl)cc2)[C@@](C#N)(C(N)=S)[C@@H]1c1ccc(Cl)cc1. The molecule has 0 amide bonds. The first-order valence-corrected chi connectivity index (χ1v) is 10.2. The molecule has 0 aromatic heterocycles. The fraction of sp³-hybridized carbons (Fsp3) is 0.150. The lowest BCUT2D eigenvalue weighted by molar-refractivity contribution is 0.462. The minimum Gasteiger partial charge on any atom is -0.393 e. The number of thioether (sulfide) groups is 1. The van der Waals surface area contributed by atoms with Crippen LogP contribution in [0.5, 0.6) is 0 Å². The summed E-state index contributed by atoms with van der Waals surface area (Å²) < 4.78 is 0. The first-order valence-electron chi connectivity index (χ1n) is 8.13. The van der Waals surface area contributed by atoms with Crippen LogP contribution >= 0.6 is 47.2 Å². The Hall–Kier alpha value is -2.22. The van der Waals surface area contributed by atoms with Crippen molar-refractivity contribution in [1.29, 1.82) is 10.5 Å². The van der Waals surface area contributed by atoms with Crippen LogP contribution in [0.2, 0.25) is 10.0 Å².